The second-order valence-corrected chi connectivity index (χ2v) is 11.8. The largest absolute Gasteiger partial charge is 0.388 e. The van der Waals surface area contributed by atoms with Crippen molar-refractivity contribution in [2.45, 2.75) is 12.8 Å². The van der Waals surface area contributed by atoms with E-state index in [0.717, 1.165) is 0 Å². The Morgan fingerprint density at radius 1 is 0.750 bits per heavy atom. The van der Waals surface area contributed by atoms with Gasteiger partial charge in [0, 0.05) is 65.7 Å². The summed E-state index contributed by atoms with van der Waals surface area (Å²) in [5, 5.41) is 28.9. The summed E-state index contributed by atoms with van der Waals surface area (Å²) in [7, 11) is 6.36. The zero-order valence-corrected chi connectivity index (χ0v) is 28.1. The lowest BCUT2D eigenvalue weighted by molar-refractivity contribution is -0.115. The fourth-order valence-electron chi connectivity index (χ4n) is 4.53. The normalized spacial score (nSPS) is 10.7. The number of anilines is 4. The van der Waals surface area contributed by atoms with Gasteiger partial charge >= 0.3 is 0 Å². The molecule has 4 heterocycles. The quantitative estimate of drug-likeness (QED) is 0.0792. The van der Waals surface area contributed by atoms with Gasteiger partial charge in [0.2, 0.25) is 5.91 Å². The highest BCUT2D eigenvalue weighted by Crippen LogP contribution is 2.20. The standard InChI is InChI=1S/C29H34BrN13O5/c1-15(30)8-25(44)36-23-11-21(43(5)38-23)29(48)37-24-12-20(42(4)39-24)28(47)35-17-10-19(41(3)14-17)27(46)34-16-9-18(40(2)13-16)26(45)33-7-6-22(31)32/h9-14H,1,6-8H2,2-5H3,(H3,31,32)(H,33,45)(H,34,46)(H,35,47)(H,36,38,44)(H,37,39,48). The van der Waals surface area contributed by atoms with Gasteiger partial charge in [-0.2, -0.15) is 10.2 Å². The van der Waals surface area contributed by atoms with Crippen LogP contribution in [0.4, 0.5) is 23.0 Å². The number of aryl methyl sites for hydroxylation is 4. The molecule has 0 atom stereocenters. The number of rotatable bonds is 13. The van der Waals surface area contributed by atoms with Crippen molar-refractivity contribution in [2.75, 3.05) is 27.8 Å². The monoisotopic (exact) mass is 723 g/mol. The van der Waals surface area contributed by atoms with Crippen LogP contribution in [0.2, 0.25) is 0 Å². The lowest BCUT2D eigenvalue weighted by Crippen LogP contribution is -2.28. The number of nitrogens with one attached hydrogen (secondary N) is 6. The highest BCUT2D eigenvalue weighted by atomic mass is 79.9. The van der Waals surface area contributed by atoms with Crippen molar-refractivity contribution in [3.05, 3.63) is 70.5 Å². The Morgan fingerprint density at radius 2 is 1.21 bits per heavy atom. The predicted octanol–water partition coefficient (Wildman–Crippen LogP) is 1.88. The maximum Gasteiger partial charge on any atom is 0.275 e. The zero-order valence-electron chi connectivity index (χ0n) is 26.5. The van der Waals surface area contributed by atoms with Gasteiger partial charge in [0.1, 0.15) is 22.8 Å². The van der Waals surface area contributed by atoms with E-state index in [4.69, 9.17) is 11.1 Å². The minimum Gasteiger partial charge on any atom is -0.388 e. The summed E-state index contributed by atoms with van der Waals surface area (Å²) >= 11 is 3.12. The molecule has 252 valence electrons. The third kappa shape index (κ3) is 8.63. The van der Waals surface area contributed by atoms with Crippen LogP contribution in [0.25, 0.3) is 0 Å². The first-order chi connectivity index (χ1) is 22.6. The van der Waals surface area contributed by atoms with E-state index in [9.17, 15) is 24.0 Å². The topological polar surface area (TPSA) is 241 Å². The van der Waals surface area contributed by atoms with E-state index >= 15 is 0 Å². The summed E-state index contributed by atoms with van der Waals surface area (Å²) in [4.78, 5) is 63.6. The van der Waals surface area contributed by atoms with E-state index in [-0.39, 0.29) is 65.8 Å². The van der Waals surface area contributed by atoms with Gasteiger partial charge in [-0.05, 0) is 16.6 Å². The molecule has 0 aliphatic carbocycles. The number of hydrogen-bond acceptors (Lipinski definition) is 8. The first kappa shape index (κ1) is 34.9. The van der Waals surface area contributed by atoms with Gasteiger partial charge in [-0.3, -0.25) is 38.7 Å². The van der Waals surface area contributed by atoms with E-state index in [1.807, 2.05) is 0 Å². The molecule has 4 aromatic rings. The van der Waals surface area contributed by atoms with Gasteiger partial charge in [0.15, 0.2) is 11.6 Å². The Bertz CT molecular complexity index is 1950. The van der Waals surface area contributed by atoms with Crippen LogP contribution in [0, 0.1) is 5.41 Å². The summed E-state index contributed by atoms with van der Waals surface area (Å²) in [6.45, 7) is 3.82. The minimum atomic E-state index is -0.571. The Kier molecular flexibility index (Phi) is 10.6. The molecule has 0 bridgehead atoms. The number of halogens is 1. The van der Waals surface area contributed by atoms with Gasteiger partial charge in [0.05, 0.1) is 23.6 Å². The lowest BCUT2D eigenvalue weighted by Gasteiger charge is -2.04. The molecule has 48 heavy (non-hydrogen) atoms. The second kappa shape index (κ2) is 14.6. The number of carbonyl (C=O) groups excluding carboxylic acids is 5. The molecule has 0 aliphatic rings. The number of amides is 5. The van der Waals surface area contributed by atoms with Gasteiger partial charge in [-0.1, -0.05) is 22.5 Å². The molecule has 0 radical (unpaired) electrons. The van der Waals surface area contributed by atoms with Crippen molar-refractivity contribution >= 4 is 74.3 Å². The fourth-order valence-corrected chi connectivity index (χ4v) is 4.79. The van der Waals surface area contributed by atoms with Crippen molar-refractivity contribution in [1.29, 1.82) is 5.41 Å². The molecule has 0 saturated heterocycles. The number of aromatic nitrogens is 6. The van der Waals surface area contributed by atoms with Crippen LogP contribution in [0.15, 0.2) is 47.7 Å². The maximum atomic E-state index is 13.1. The van der Waals surface area contributed by atoms with Crippen molar-refractivity contribution in [1.82, 2.24) is 34.0 Å². The number of carbonyl (C=O) groups is 5. The molecular weight excluding hydrogens is 690 g/mol. The van der Waals surface area contributed by atoms with Gasteiger partial charge in [0.25, 0.3) is 23.6 Å². The molecule has 0 saturated carbocycles. The molecule has 4 rings (SSSR count). The average Bonchev–Trinajstić information content (AvgIpc) is 3.73. The van der Waals surface area contributed by atoms with Crippen molar-refractivity contribution in [3.8, 4) is 0 Å². The van der Waals surface area contributed by atoms with E-state index in [2.05, 4.69) is 59.3 Å². The molecular formula is C29H34BrN13O5. The van der Waals surface area contributed by atoms with Crippen LogP contribution in [0.3, 0.4) is 0 Å². The summed E-state index contributed by atoms with van der Waals surface area (Å²) in [5.74, 6) is -2.11. The average molecular weight is 725 g/mol. The Labute approximate surface area is 282 Å². The van der Waals surface area contributed by atoms with Crippen LogP contribution in [0.1, 0.15) is 54.8 Å². The summed E-state index contributed by atoms with van der Waals surface area (Å²) in [6, 6.07) is 5.78. The highest BCUT2D eigenvalue weighted by Gasteiger charge is 2.21. The van der Waals surface area contributed by atoms with Crippen LogP contribution in [-0.4, -0.2) is 70.6 Å². The summed E-state index contributed by atoms with van der Waals surface area (Å²) < 4.78 is 6.15. The minimum absolute atomic E-state index is 0.0372. The predicted molar refractivity (Wildman–Crippen MR) is 181 cm³/mol. The SMILES string of the molecule is C=C(Br)CC(=O)Nc1cc(C(=O)Nc2cc(C(=O)Nc3cc(C(=O)Nc4cc(C(=O)NCCC(=N)N)n(C)c4)n(C)c3)n(C)n2)n(C)n1. The maximum absolute atomic E-state index is 13.1. The van der Waals surface area contributed by atoms with Gasteiger partial charge in [-0.15, -0.1) is 0 Å². The van der Waals surface area contributed by atoms with Crippen molar-refractivity contribution < 1.29 is 24.0 Å². The molecule has 8 N–H and O–H groups in total. The molecule has 5 amide bonds. The van der Waals surface area contributed by atoms with Crippen LogP contribution < -0.4 is 32.3 Å². The zero-order chi connectivity index (χ0) is 35.3. The smallest absolute Gasteiger partial charge is 0.275 e. The number of nitrogens with zero attached hydrogens (tertiary/aromatic N) is 6. The van der Waals surface area contributed by atoms with Gasteiger partial charge < -0.3 is 41.5 Å². The van der Waals surface area contributed by atoms with Gasteiger partial charge in [-0.25, -0.2) is 0 Å². The summed E-state index contributed by atoms with van der Waals surface area (Å²) in [5.41, 5.74) is 6.80. The van der Waals surface area contributed by atoms with Crippen molar-refractivity contribution in [3.63, 3.8) is 0 Å². The highest BCUT2D eigenvalue weighted by molar-refractivity contribution is 9.11. The molecule has 0 aliphatic heterocycles. The molecule has 0 aromatic carbocycles. The Morgan fingerprint density at radius 3 is 1.71 bits per heavy atom. The van der Waals surface area contributed by atoms with Crippen LogP contribution in [-0.2, 0) is 33.0 Å². The fraction of sp³-hybridized carbons (Fsp3) is 0.241. The Balaban J connectivity index is 1.38. The molecule has 0 unspecified atom stereocenters. The molecule has 19 heteroatoms. The number of amidine groups is 1. The first-order valence-electron chi connectivity index (χ1n) is 14.2. The number of nitrogens with two attached hydrogens (primary N) is 1. The third-order valence-electron chi connectivity index (χ3n) is 6.76. The molecule has 0 fully saturated rings. The van der Waals surface area contributed by atoms with Crippen molar-refractivity contribution in [2.24, 2.45) is 33.9 Å². The van der Waals surface area contributed by atoms with E-state index < -0.39 is 17.7 Å². The summed E-state index contributed by atoms with van der Waals surface area (Å²) in [6.07, 6.45) is 3.39. The molecule has 4 aromatic heterocycles. The van der Waals surface area contributed by atoms with E-state index in [0.29, 0.717) is 21.6 Å². The molecule has 0 spiro atoms. The third-order valence-corrected chi connectivity index (χ3v) is 7.04. The Hall–Kier alpha value is -5.98. The van der Waals surface area contributed by atoms with Crippen LogP contribution in [0.5, 0.6) is 0 Å². The first-order valence-corrected chi connectivity index (χ1v) is 15.0. The number of hydrogen-bond donors (Lipinski definition) is 7. The lowest BCUT2D eigenvalue weighted by atomic mass is 10.3. The van der Waals surface area contributed by atoms with E-state index in [1.165, 1.54) is 52.3 Å². The second-order valence-electron chi connectivity index (χ2n) is 10.7. The van der Waals surface area contributed by atoms with Crippen LogP contribution >= 0.6 is 15.9 Å². The molecule has 18 nitrogen and oxygen atoms in total. The van der Waals surface area contributed by atoms with E-state index in [1.54, 1.807) is 31.1 Å².